The molecule has 0 fully saturated rings. The van der Waals surface area contributed by atoms with Crippen molar-refractivity contribution in [3.05, 3.63) is 30.0 Å². The Balaban J connectivity index is 2.45. The minimum absolute atomic E-state index is 0.0625. The van der Waals surface area contributed by atoms with Gasteiger partial charge in [0, 0.05) is 19.5 Å². The number of aliphatic hydroxyl groups is 1. The molecule has 5 nitrogen and oxygen atoms in total. The Morgan fingerprint density at radius 1 is 1.50 bits per heavy atom. The first-order valence-electron chi connectivity index (χ1n) is 5.86. The fourth-order valence-electron chi connectivity index (χ4n) is 1.86. The molecule has 0 bridgehead atoms. The maximum atomic E-state index is 12.3. The van der Waals surface area contributed by atoms with E-state index in [4.69, 9.17) is 5.11 Å². The molecule has 1 heterocycles. The van der Waals surface area contributed by atoms with Crippen LogP contribution >= 0.6 is 0 Å². The van der Waals surface area contributed by atoms with E-state index in [2.05, 4.69) is 5.10 Å². The normalized spacial score (nSPS) is 12.7. The van der Waals surface area contributed by atoms with Crippen molar-refractivity contribution in [1.82, 2.24) is 14.7 Å². The molecule has 0 radical (unpaired) electrons. The van der Waals surface area contributed by atoms with Crippen LogP contribution in [0, 0.1) is 0 Å². The second kappa shape index (κ2) is 4.78. The van der Waals surface area contributed by atoms with Gasteiger partial charge in [-0.1, -0.05) is 18.2 Å². The zero-order chi connectivity index (χ0) is 13.3. The first-order valence-corrected chi connectivity index (χ1v) is 5.86. The summed E-state index contributed by atoms with van der Waals surface area (Å²) in [5.74, 6) is -0.173. The SMILES string of the molecule is CC(CO)N(C)C(=O)c1nn(C)c2ccccc12. The molecule has 0 saturated carbocycles. The monoisotopic (exact) mass is 247 g/mol. The van der Waals surface area contributed by atoms with Crippen molar-refractivity contribution < 1.29 is 9.90 Å². The molecule has 18 heavy (non-hydrogen) atoms. The van der Waals surface area contributed by atoms with Crippen LogP contribution < -0.4 is 0 Å². The number of hydrogen-bond acceptors (Lipinski definition) is 3. The lowest BCUT2D eigenvalue weighted by Crippen LogP contribution is -2.37. The predicted molar refractivity (Wildman–Crippen MR) is 69.4 cm³/mol. The molecule has 96 valence electrons. The number of carbonyl (C=O) groups is 1. The van der Waals surface area contributed by atoms with Gasteiger partial charge in [0.05, 0.1) is 18.2 Å². The van der Waals surface area contributed by atoms with E-state index in [-0.39, 0.29) is 18.6 Å². The summed E-state index contributed by atoms with van der Waals surface area (Å²) in [6.45, 7) is 1.73. The Kier molecular flexibility index (Phi) is 3.34. The maximum Gasteiger partial charge on any atom is 0.275 e. The van der Waals surface area contributed by atoms with Gasteiger partial charge < -0.3 is 10.0 Å². The van der Waals surface area contributed by atoms with Crippen LogP contribution in [-0.2, 0) is 7.05 Å². The number of fused-ring (bicyclic) bond motifs is 1. The highest BCUT2D eigenvalue weighted by atomic mass is 16.3. The van der Waals surface area contributed by atoms with Crippen molar-refractivity contribution in [1.29, 1.82) is 0 Å². The fraction of sp³-hybridized carbons (Fsp3) is 0.385. The van der Waals surface area contributed by atoms with Crippen LogP contribution in [0.2, 0.25) is 0 Å². The molecule has 0 aliphatic carbocycles. The third-order valence-corrected chi connectivity index (χ3v) is 3.21. The highest BCUT2D eigenvalue weighted by molar-refractivity contribution is 6.04. The van der Waals surface area contributed by atoms with Crippen molar-refractivity contribution in [3.8, 4) is 0 Å². The van der Waals surface area contributed by atoms with Crippen LogP contribution in [0.25, 0.3) is 10.9 Å². The molecule has 0 aliphatic heterocycles. The summed E-state index contributed by atoms with van der Waals surface area (Å²) < 4.78 is 1.69. The van der Waals surface area contributed by atoms with E-state index in [1.54, 1.807) is 18.7 Å². The van der Waals surface area contributed by atoms with E-state index in [0.29, 0.717) is 5.69 Å². The van der Waals surface area contributed by atoms with Gasteiger partial charge in [0.25, 0.3) is 5.91 Å². The zero-order valence-electron chi connectivity index (χ0n) is 10.8. The predicted octanol–water partition coefficient (Wildman–Crippen LogP) is 1.03. The first-order chi connectivity index (χ1) is 8.56. The number of para-hydroxylation sites is 1. The van der Waals surface area contributed by atoms with Gasteiger partial charge in [0.15, 0.2) is 5.69 Å². The topological polar surface area (TPSA) is 58.4 Å². The van der Waals surface area contributed by atoms with E-state index in [9.17, 15) is 4.79 Å². The summed E-state index contributed by atoms with van der Waals surface area (Å²) in [5, 5.41) is 14.2. The average Bonchev–Trinajstić information content (AvgIpc) is 2.74. The smallest absolute Gasteiger partial charge is 0.275 e. The molecular formula is C13H17N3O2. The van der Waals surface area contributed by atoms with Crippen LogP contribution in [0.4, 0.5) is 0 Å². The summed E-state index contributed by atoms with van der Waals surface area (Å²) in [6, 6.07) is 7.38. The minimum atomic E-state index is -0.224. The molecule has 1 atom stereocenters. The summed E-state index contributed by atoms with van der Waals surface area (Å²) in [4.78, 5) is 13.8. The number of aromatic nitrogens is 2. The zero-order valence-corrected chi connectivity index (χ0v) is 10.8. The lowest BCUT2D eigenvalue weighted by Gasteiger charge is -2.22. The number of benzene rings is 1. The first kappa shape index (κ1) is 12.6. The van der Waals surface area contributed by atoms with E-state index >= 15 is 0 Å². The number of nitrogens with zero attached hydrogens (tertiary/aromatic N) is 3. The van der Waals surface area contributed by atoms with Crippen LogP contribution in [0.3, 0.4) is 0 Å². The molecule has 1 aromatic carbocycles. The van der Waals surface area contributed by atoms with Crippen molar-refractivity contribution in [2.45, 2.75) is 13.0 Å². The molecule has 0 aliphatic rings. The minimum Gasteiger partial charge on any atom is -0.394 e. The Hall–Kier alpha value is -1.88. The summed E-state index contributed by atoms with van der Waals surface area (Å²) in [6.07, 6.45) is 0. The highest BCUT2D eigenvalue weighted by Crippen LogP contribution is 2.19. The Labute approximate surface area is 106 Å². The number of aryl methyl sites for hydroxylation is 1. The van der Waals surface area contributed by atoms with Gasteiger partial charge in [-0.05, 0) is 13.0 Å². The Morgan fingerprint density at radius 2 is 2.17 bits per heavy atom. The van der Waals surface area contributed by atoms with E-state index in [1.165, 1.54) is 4.90 Å². The van der Waals surface area contributed by atoms with Crippen molar-refractivity contribution in [3.63, 3.8) is 0 Å². The molecule has 0 saturated heterocycles. The number of rotatable bonds is 3. The lowest BCUT2D eigenvalue weighted by molar-refractivity contribution is 0.0677. The number of likely N-dealkylation sites (N-methyl/N-ethyl adjacent to an activating group) is 1. The van der Waals surface area contributed by atoms with Gasteiger partial charge >= 0.3 is 0 Å². The number of aliphatic hydroxyl groups excluding tert-OH is 1. The van der Waals surface area contributed by atoms with Crippen LogP contribution in [0.5, 0.6) is 0 Å². The fourth-order valence-corrected chi connectivity index (χ4v) is 1.86. The molecule has 2 rings (SSSR count). The quantitative estimate of drug-likeness (QED) is 0.881. The maximum absolute atomic E-state index is 12.3. The van der Waals surface area contributed by atoms with Gasteiger partial charge in [-0.15, -0.1) is 0 Å². The van der Waals surface area contributed by atoms with E-state index in [1.807, 2.05) is 31.3 Å². The Bertz CT molecular complexity index is 577. The largest absolute Gasteiger partial charge is 0.394 e. The number of carbonyl (C=O) groups excluding carboxylic acids is 1. The van der Waals surface area contributed by atoms with Crippen molar-refractivity contribution >= 4 is 16.8 Å². The summed E-state index contributed by atoms with van der Waals surface area (Å²) in [7, 11) is 3.49. The molecule has 0 spiro atoms. The number of hydrogen-bond donors (Lipinski definition) is 1. The molecule has 1 N–H and O–H groups in total. The molecule has 1 unspecified atom stereocenters. The van der Waals surface area contributed by atoms with E-state index < -0.39 is 0 Å². The van der Waals surface area contributed by atoms with Gasteiger partial charge in [0.1, 0.15) is 0 Å². The second-order valence-corrected chi connectivity index (χ2v) is 4.44. The standard InChI is InChI=1S/C13H17N3O2/c1-9(8-17)15(2)13(18)12-10-6-4-5-7-11(10)16(3)14-12/h4-7,9,17H,8H2,1-3H3. The summed E-state index contributed by atoms with van der Waals surface area (Å²) >= 11 is 0. The second-order valence-electron chi connectivity index (χ2n) is 4.44. The molecular weight excluding hydrogens is 230 g/mol. The molecule has 1 amide bonds. The molecule has 1 aromatic heterocycles. The molecule has 5 heteroatoms. The van der Waals surface area contributed by atoms with Gasteiger partial charge in [-0.2, -0.15) is 5.10 Å². The van der Waals surface area contributed by atoms with Crippen molar-refractivity contribution in [2.75, 3.05) is 13.7 Å². The van der Waals surface area contributed by atoms with Crippen LogP contribution in [0.15, 0.2) is 24.3 Å². The molecule has 2 aromatic rings. The lowest BCUT2D eigenvalue weighted by atomic mass is 10.2. The average molecular weight is 247 g/mol. The van der Waals surface area contributed by atoms with Gasteiger partial charge in [0.2, 0.25) is 0 Å². The van der Waals surface area contributed by atoms with Gasteiger partial charge in [-0.3, -0.25) is 9.48 Å². The third-order valence-electron chi connectivity index (χ3n) is 3.21. The third kappa shape index (κ3) is 1.97. The van der Waals surface area contributed by atoms with Crippen LogP contribution in [0.1, 0.15) is 17.4 Å². The van der Waals surface area contributed by atoms with E-state index in [0.717, 1.165) is 10.9 Å². The number of amides is 1. The summed E-state index contributed by atoms with van der Waals surface area (Å²) in [5.41, 5.74) is 1.35. The van der Waals surface area contributed by atoms with Crippen LogP contribution in [-0.4, -0.2) is 45.4 Å². The van der Waals surface area contributed by atoms with Gasteiger partial charge in [-0.25, -0.2) is 0 Å². The van der Waals surface area contributed by atoms with Crippen molar-refractivity contribution in [2.24, 2.45) is 7.05 Å². The highest BCUT2D eigenvalue weighted by Gasteiger charge is 2.22. The Morgan fingerprint density at radius 3 is 2.83 bits per heavy atom.